The highest BCUT2D eigenvalue weighted by Gasteiger charge is 2.42. The topological polar surface area (TPSA) is 119 Å². The van der Waals surface area contributed by atoms with Gasteiger partial charge in [-0.1, -0.05) is 24.3 Å². The molecule has 2 aliphatic heterocycles. The fourth-order valence-corrected chi connectivity index (χ4v) is 7.91. The number of rotatable bonds is 6. The lowest BCUT2D eigenvalue weighted by molar-refractivity contribution is -0.130. The highest BCUT2D eigenvalue weighted by molar-refractivity contribution is 5.85. The largest absolute Gasteiger partial charge is 0.383 e. The van der Waals surface area contributed by atoms with E-state index in [0.29, 0.717) is 29.8 Å². The Kier molecular flexibility index (Phi) is 6.83. The molecule has 3 aromatic heterocycles. The van der Waals surface area contributed by atoms with Crippen LogP contribution >= 0.6 is 0 Å². The molecule has 0 radical (unpaired) electrons. The van der Waals surface area contributed by atoms with Crippen LogP contribution in [-0.2, 0) is 10.3 Å². The first-order valence-electron chi connectivity index (χ1n) is 16.4. The third-order valence-electron chi connectivity index (χ3n) is 10.7. The maximum absolute atomic E-state index is 12.1. The molecule has 8 rings (SSSR count). The van der Waals surface area contributed by atoms with E-state index in [9.17, 15) is 4.79 Å². The van der Waals surface area contributed by atoms with Gasteiger partial charge in [-0.25, -0.2) is 15.0 Å². The summed E-state index contributed by atoms with van der Waals surface area (Å²) in [5, 5.41) is 0. The highest BCUT2D eigenvalue weighted by atomic mass is 16.2. The second-order valence-corrected chi connectivity index (χ2v) is 13.4. The van der Waals surface area contributed by atoms with Gasteiger partial charge in [0.15, 0.2) is 11.5 Å². The molecule has 234 valence electrons. The normalized spacial score (nSPS) is 21.7. The summed E-state index contributed by atoms with van der Waals surface area (Å²) >= 11 is 0. The minimum absolute atomic E-state index is 0.146. The number of benzene rings is 2. The van der Waals surface area contributed by atoms with Crippen molar-refractivity contribution in [1.82, 2.24) is 24.4 Å². The van der Waals surface area contributed by atoms with Crippen molar-refractivity contribution in [3.63, 3.8) is 0 Å². The monoisotopic (exact) mass is 612 g/mol. The molecule has 5 heterocycles. The fourth-order valence-electron chi connectivity index (χ4n) is 7.91. The summed E-state index contributed by atoms with van der Waals surface area (Å²) in [6, 6.07) is 26.3. The van der Waals surface area contributed by atoms with E-state index in [4.69, 9.17) is 21.4 Å². The molecule has 4 N–H and O–H groups in total. The second kappa shape index (κ2) is 10.9. The summed E-state index contributed by atoms with van der Waals surface area (Å²) in [5.74, 6) is 1.27. The number of nitrogen functional groups attached to an aromatic ring is 1. The molecule has 9 nitrogen and oxygen atoms in total. The van der Waals surface area contributed by atoms with Crippen LogP contribution in [0.25, 0.3) is 39.5 Å². The van der Waals surface area contributed by atoms with Gasteiger partial charge >= 0.3 is 0 Å². The summed E-state index contributed by atoms with van der Waals surface area (Å²) in [6.45, 7) is 1.67. The lowest BCUT2D eigenvalue weighted by Crippen LogP contribution is -2.50. The first-order chi connectivity index (χ1) is 22.3. The van der Waals surface area contributed by atoms with E-state index >= 15 is 0 Å². The number of amides is 1. The first kappa shape index (κ1) is 28.7. The summed E-state index contributed by atoms with van der Waals surface area (Å²) in [6.07, 6.45) is 9.21. The zero-order valence-electron chi connectivity index (χ0n) is 26.4. The van der Waals surface area contributed by atoms with E-state index in [2.05, 4.69) is 69.0 Å². The van der Waals surface area contributed by atoms with Crippen molar-refractivity contribution in [2.24, 2.45) is 5.73 Å². The van der Waals surface area contributed by atoms with Gasteiger partial charge in [-0.2, -0.15) is 0 Å². The van der Waals surface area contributed by atoms with Crippen LogP contribution in [0.2, 0.25) is 0 Å². The molecule has 3 aliphatic rings. The van der Waals surface area contributed by atoms with Crippen molar-refractivity contribution < 1.29 is 4.79 Å². The molecule has 1 aliphatic carbocycles. The molecule has 9 heteroatoms. The highest BCUT2D eigenvalue weighted by Crippen LogP contribution is 2.42. The minimum atomic E-state index is -0.235. The number of hydrogen-bond acceptors (Lipinski definition) is 7. The predicted octanol–water partition coefficient (Wildman–Crippen LogP) is 6.05. The van der Waals surface area contributed by atoms with Crippen molar-refractivity contribution in [2.45, 2.75) is 75.5 Å². The van der Waals surface area contributed by atoms with Crippen molar-refractivity contribution >= 4 is 28.6 Å². The number of imidazole rings is 1. The van der Waals surface area contributed by atoms with Gasteiger partial charge in [-0.15, -0.1) is 0 Å². The maximum Gasteiger partial charge on any atom is 0.219 e. The number of pyridine rings is 2. The Hall–Kier alpha value is -4.76. The summed E-state index contributed by atoms with van der Waals surface area (Å²) in [4.78, 5) is 31.2. The number of nitrogens with two attached hydrogens (primary N) is 2. The molecular weight excluding hydrogens is 572 g/mol. The lowest BCUT2D eigenvalue weighted by Gasteiger charge is -2.43. The molecule has 46 heavy (non-hydrogen) atoms. The molecule has 0 spiro atoms. The zero-order valence-corrected chi connectivity index (χ0v) is 26.4. The quantitative estimate of drug-likeness (QED) is 0.240. The van der Waals surface area contributed by atoms with Crippen molar-refractivity contribution in [3.8, 4) is 28.3 Å². The summed E-state index contributed by atoms with van der Waals surface area (Å²) in [5.41, 5.74) is 20.4. The van der Waals surface area contributed by atoms with Crippen LogP contribution in [0, 0.1) is 0 Å². The van der Waals surface area contributed by atoms with Crippen LogP contribution in [0.3, 0.4) is 0 Å². The zero-order chi connectivity index (χ0) is 31.6. The number of fused-ring (bicyclic) bond motifs is 3. The molecule has 3 fully saturated rings. The number of piperidine rings is 1. The molecule has 2 saturated heterocycles. The second-order valence-electron chi connectivity index (χ2n) is 13.4. The van der Waals surface area contributed by atoms with Gasteiger partial charge in [-0.3, -0.25) is 9.36 Å². The fraction of sp³-hybridized carbons (Fsp3) is 0.351. The van der Waals surface area contributed by atoms with Crippen LogP contribution in [-0.4, -0.2) is 55.5 Å². The van der Waals surface area contributed by atoms with Crippen LogP contribution < -0.4 is 16.4 Å². The Bertz CT molecular complexity index is 1930. The number of anilines is 2. The van der Waals surface area contributed by atoms with Crippen molar-refractivity contribution in [1.29, 1.82) is 0 Å². The molecule has 2 bridgehead atoms. The van der Waals surface area contributed by atoms with E-state index in [0.717, 1.165) is 77.8 Å². The Labute approximate surface area is 269 Å². The van der Waals surface area contributed by atoms with Crippen molar-refractivity contribution in [3.05, 3.63) is 84.6 Å². The molecule has 1 unspecified atom stereocenters. The number of aromatic nitrogens is 4. The van der Waals surface area contributed by atoms with Crippen LogP contribution in [0.1, 0.15) is 57.4 Å². The standard InChI is InChI=1S/C37H40N8O/c1-23(46)43(2)30-21-28-13-14-29(22-30)44(28)27-7-3-6-24(20-27)32-15-16-33-36(41-32)45(35(42-33)31-8-4-19-40-34(31)38)26-11-9-25(10-12-26)37(39)17-5-18-37/h3-4,6-12,15-16,19-20,28-30H,5,13-14,17-18,21-22,39H2,1-2H3,(H2,38,40)/t28-,29+,30?. The minimum Gasteiger partial charge on any atom is -0.383 e. The van der Waals surface area contributed by atoms with Gasteiger partial charge in [-0.05, 0) is 99.0 Å². The number of carbonyl (C=O) groups excluding carboxylic acids is 1. The number of nitrogens with zero attached hydrogens (tertiary/aromatic N) is 6. The van der Waals surface area contributed by atoms with E-state index in [-0.39, 0.29) is 11.4 Å². The molecule has 1 saturated carbocycles. The molecule has 2 aromatic carbocycles. The Morgan fingerprint density at radius 1 is 0.935 bits per heavy atom. The number of hydrogen-bond donors (Lipinski definition) is 2. The molecular formula is C37H40N8O. The maximum atomic E-state index is 12.1. The van der Waals surface area contributed by atoms with Gasteiger partial charge in [0.05, 0.1) is 11.3 Å². The third-order valence-corrected chi connectivity index (χ3v) is 10.7. The van der Waals surface area contributed by atoms with Crippen LogP contribution in [0.4, 0.5) is 11.5 Å². The Morgan fingerprint density at radius 2 is 1.70 bits per heavy atom. The average molecular weight is 613 g/mol. The van der Waals surface area contributed by atoms with E-state index in [1.165, 1.54) is 12.1 Å². The average Bonchev–Trinajstić information content (AvgIpc) is 3.56. The van der Waals surface area contributed by atoms with Crippen LogP contribution in [0.5, 0.6) is 0 Å². The molecule has 3 atom stereocenters. The van der Waals surface area contributed by atoms with Gasteiger partial charge in [0.2, 0.25) is 5.91 Å². The van der Waals surface area contributed by atoms with Crippen molar-refractivity contribution in [2.75, 3.05) is 17.7 Å². The van der Waals surface area contributed by atoms with E-state index < -0.39 is 0 Å². The molecule has 5 aromatic rings. The lowest BCUT2D eigenvalue weighted by atomic mass is 9.73. The van der Waals surface area contributed by atoms with E-state index in [1.54, 1.807) is 13.1 Å². The number of carbonyl (C=O) groups is 1. The van der Waals surface area contributed by atoms with Crippen LogP contribution in [0.15, 0.2) is 79.0 Å². The van der Waals surface area contributed by atoms with Gasteiger partial charge in [0.25, 0.3) is 0 Å². The van der Waals surface area contributed by atoms with E-state index in [1.807, 2.05) is 30.1 Å². The van der Waals surface area contributed by atoms with Gasteiger partial charge in [0.1, 0.15) is 11.3 Å². The van der Waals surface area contributed by atoms with Gasteiger partial charge in [0, 0.05) is 60.8 Å². The Balaban J connectivity index is 1.18. The predicted molar refractivity (Wildman–Crippen MR) is 182 cm³/mol. The summed E-state index contributed by atoms with van der Waals surface area (Å²) in [7, 11) is 1.95. The first-order valence-corrected chi connectivity index (χ1v) is 16.4. The molecule has 1 amide bonds. The Morgan fingerprint density at radius 3 is 2.37 bits per heavy atom. The summed E-state index contributed by atoms with van der Waals surface area (Å²) < 4.78 is 2.08. The smallest absolute Gasteiger partial charge is 0.219 e. The SMILES string of the molecule is CC(=O)N(C)C1C[C@H]2CC[C@@H](C1)N2c1cccc(-c2ccc3nc(-c4cccnc4N)n(-c4ccc(C5(N)CCC5)cc4)c3n2)c1. The third kappa shape index (κ3) is 4.72. The van der Waals surface area contributed by atoms with Gasteiger partial charge < -0.3 is 21.3 Å².